The number of nitrogens with zero attached hydrogens (tertiary/aromatic N) is 4. The Hall–Kier alpha value is -2.23. The SMILES string of the molecule is CN=C(NCc1ccnc(N(C)C)c1)N(C)Cc1ccc(OC)cc1OC.I. The van der Waals surface area contributed by atoms with Crippen molar-refractivity contribution in [3.05, 3.63) is 47.7 Å². The number of methoxy groups -OCH3 is 2. The summed E-state index contributed by atoms with van der Waals surface area (Å²) in [7, 11) is 11.0. The van der Waals surface area contributed by atoms with Gasteiger partial charge < -0.3 is 24.6 Å². The maximum atomic E-state index is 5.49. The standard InChI is InChI=1S/C20H29N5O2.HI/c1-21-20(23-13-15-9-10-22-19(11-15)24(2)3)25(4)14-16-7-8-17(26-5)12-18(16)27-6;/h7-12H,13-14H2,1-6H3,(H,21,23);1H. The van der Waals surface area contributed by atoms with Gasteiger partial charge in [-0.15, -0.1) is 24.0 Å². The predicted molar refractivity (Wildman–Crippen MR) is 125 cm³/mol. The Kier molecular flexibility index (Phi) is 9.84. The second-order valence-electron chi connectivity index (χ2n) is 6.35. The average Bonchev–Trinajstić information content (AvgIpc) is 2.68. The summed E-state index contributed by atoms with van der Waals surface area (Å²) in [6.07, 6.45) is 1.82. The van der Waals surface area contributed by atoms with Gasteiger partial charge in [0, 0.05) is 59.1 Å². The summed E-state index contributed by atoms with van der Waals surface area (Å²) < 4.78 is 10.7. The number of aliphatic imine (C=N–C) groups is 1. The molecule has 0 fully saturated rings. The van der Waals surface area contributed by atoms with Crippen LogP contribution in [0.1, 0.15) is 11.1 Å². The molecule has 8 heteroatoms. The number of nitrogens with one attached hydrogen (secondary N) is 1. The third-order valence-corrected chi connectivity index (χ3v) is 4.19. The van der Waals surface area contributed by atoms with Crippen LogP contribution < -0.4 is 19.7 Å². The van der Waals surface area contributed by atoms with Crippen molar-refractivity contribution in [2.75, 3.05) is 47.3 Å². The molecule has 0 atom stereocenters. The van der Waals surface area contributed by atoms with Crippen LogP contribution in [0.2, 0.25) is 0 Å². The Bertz CT molecular complexity index is 783. The molecular formula is C20H30IN5O2. The molecule has 0 unspecified atom stereocenters. The van der Waals surface area contributed by atoms with E-state index in [0.717, 1.165) is 34.4 Å². The number of anilines is 1. The van der Waals surface area contributed by atoms with Crippen LogP contribution in [0.4, 0.5) is 5.82 Å². The lowest BCUT2D eigenvalue weighted by Gasteiger charge is -2.23. The Balaban J connectivity index is 0.00000392. The van der Waals surface area contributed by atoms with Gasteiger partial charge in [-0.3, -0.25) is 4.99 Å². The van der Waals surface area contributed by atoms with Crippen molar-refractivity contribution in [2.24, 2.45) is 4.99 Å². The van der Waals surface area contributed by atoms with Crippen LogP contribution in [0.3, 0.4) is 0 Å². The quantitative estimate of drug-likeness (QED) is 0.359. The third kappa shape index (κ3) is 6.43. The first kappa shape index (κ1) is 23.8. The van der Waals surface area contributed by atoms with Crippen LogP contribution >= 0.6 is 24.0 Å². The second kappa shape index (κ2) is 11.6. The number of benzene rings is 1. The van der Waals surface area contributed by atoms with E-state index in [9.17, 15) is 0 Å². The fourth-order valence-electron chi connectivity index (χ4n) is 2.69. The highest BCUT2D eigenvalue weighted by molar-refractivity contribution is 14.0. The highest BCUT2D eigenvalue weighted by Crippen LogP contribution is 2.25. The van der Waals surface area contributed by atoms with E-state index in [1.165, 1.54) is 0 Å². The van der Waals surface area contributed by atoms with E-state index >= 15 is 0 Å². The molecule has 0 radical (unpaired) electrons. The van der Waals surface area contributed by atoms with Gasteiger partial charge in [0.2, 0.25) is 0 Å². The molecule has 1 aromatic carbocycles. The van der Waals surface area contributed by atoms with Gasteiger partial charge in [0.05, 0.1) is 14.2 Å². The van der Waals surface area contributed by atoms with E-state index < -0.39 is 0 Å². The lowest BCUT2D eigenvalue weighted by Crippen LogP contribution is -2.38. The van der Waals surface area contributed by atoms with E-state index in [1.807, 2.05) is 56.5 Å². The number of aromatic nitrogens is 1. The molecule has 1 heterocycles. The number of hydrogen-bond donors (Lipinski definition) is 1. The molecule has 1 aromatic heterocycles. The Morgan fingerprint density at radius 2 is 1.86 bits per heavy atom. The van der Waals surface area contributed by atoms with Gasteiger partial charge in [-0.1, -0.05) is 0 Å². The van der Waals surface area contributed by atoms with Crippen molar-refractivity contribution in [3.8, 4) is 11.5 Å². The minimum Gasteiger partial charge on any atom is -0.497 e. The number of halogens is 1. The molecule has 0 saturated heterocycles. The summed E-state index contributed by atoms with van der Waals surface area (Å²) in [5, 5.41) is 3.40. The fourth-order valence-corrected chi connectivity index (χ4v) is 2.69. The van der Waals surface area contributed by atoms with Gasteiger partial charge in [-0.25, -0.2) is 4.98 Å². The van der Waals surface area contributed by atoms with Crippen molar-refractivity contribution in [1.82, 2.24) is 15.2 Å². The molecule has 0 aliphatic rings. The molecule has 2 rings (SSSR count). The molecule has 2 aromatic rings. The molecule has 0 aliphatic carbocycles. The van der Waals surface area contributed by atoms with Crippen molar-refractivity contribution in [3.63, 3.8) is 0 Å². The number of guanidine groups is 1. The zero-order valence-corrected chi connectivity index (χ0v) is 19.7. The minimum absolute atomic E-state index is 0. The molecule has 1 N–H and O–H groups in total. The summed E-state index contributed by atoms with van der Waals surface area (Å²) >= 11 is 0. The highest BCUT2D eigenvalue weighted by atomic mass is 127. The molecule has 28 heavy (non-hydrogen) atoms. The lowest BCUT2D eigenvalue weighted by atomic mass is 10.2. The Labute approximate surface area is 184 Å². The summed E-state index contributed by atoms with van der Waals surface area (Å²) in [5.41, 5.74) is 2.20. The lowest BCUT2D eigenvalue weighted by molar-refractivity contribution is 0.382. The van der Waals surface area contributed by atoms with E-state index in [2.05, 4.69) is 26.3 Å². The number of rotatable bonds is 7. The monoisotopic (exact) mass is 499 g/mol. The van der Waals surface area contributed by atoms with E-state index in [4.69, 9.17) is 9.47 Å². The largest absolute Gasteiger partial charge is 0.497 e. The first-order chi connectivity index (χ1) is 13.0. The third-order valence-electron chi connectivity index (χ3n) is 4.19. The summed E-state index contributed by atoms with van der Waals surface area (Å²) in [6.45, 7) is 1.33. The fraction of sp³-hybridized carbons (Fsp3) is 0.400. The predicted octanol–water partition coefficient (Wildman–Crippen LogP) is 2.99. The zero-order valence-electron chi connectivity index (χ0n) is 17.4. The average molecular weight is 499 g/mol. The van der Waals surface area contributed by atoms with Crippen LogP contribution in [-0.2, 0) is 13.1 Å². The molecule has 0 saturated carbocycles. The van der Waals surface area contributed by atoms with Crippen molar-refractivity contribution in [1.29, 1.82) is 0 Å². The van der Waals surface area contributed by atoms with Gasteiger partial charge >= 0.3 is 0 Å². The zero-order chi connectivity index (χ0) is 19.8. The van der Waals surface area contributed by atoms with E-state index in [-0.39, 0.29) is 24.0 Å². The number of pyridine rings is 1. The first-order valence-corrected chi connectivity index (χ1v) is 8.73. The van der Waals surface area contributed by atoms with Crippen LogP contribution in [0.5, 0.6) is 11.5 Å². The van der Waals surface area contributed by atoms with Crippen molar-refractivity contribution < 1.29 is 9.47 Å². The molecule has 0 spiro atoms. The van der Waals surface area contributed by atoms with Gasteiger partial charge in [0.25, 0.3) is 0 Å². The van der Waals surface area contributed by atoms with Gasteiger partial charge in [-0.2, -0.15) is 0 Å². The Morgan fingerprint density at radius 3 is 2.46 bits per heavy atom. The highest BCUT2D eigenvalue weighted by Gasteiger charge is 2.11. The van der Waals surface area contributed by atoms with Gasteiger partial charge in [-0.05, 0) is 29.8 Å². The smallest absolute Gasteiger partial charge is 0.193 e. The normalized spacial score (nSPS) is 10.7. The maximum Gasteiger partial charge on any atom is 0.193 e. The second-order valence-corrected chi connectivity index (χ2v) is 6.35. The first-order valence-electron chi connectivity index (χ1n) is 8.73. The van der Waals surface area contributed by atoms with Crippen LogP contribution in [0, 0.1) is 0 Å². The Morgan fingerprint density at radius 1 is 1.11 bits per heavy atom. The van der Waals surface area contributed by atoms with Crippen LogP contribution in [-0.4, -0.2) is 58.3 Å². The number of hydrogen-bond acceptors (Lipinski definition) is 5. The van der Waals surface area contributed by atoms with Crippen LogP contribution in [0.25, 0.3) is 0 Å². The van der Waals surface area contributed by atoms with E-state index in [1.54, 1.807) is 21.3 Å². The minimum atomic E-state index is 0. The molecule has 7 nitrogen and oxygen atoms in total. The maximum absolute atomic E-state index is 5.49. The van der Waals surface area contributed by atoms with Crippen molar-refractivity contribution in [2.45, 2.75) is 13.1 Å². The summed E-state index contributed by atoms with van der Waals surface area (Å²) in [6, 6.07) is 9.89. The van der Waals surface area contributed by atoms with E-state index in [0.29, 0.717) is 13.1 Å². The summed E-state index contributed by atoms with van der Waals surface area (Å²) in [5.74, 6) is 3.30. The van der Waals surface area contributed by atoms with Crippen molar-refractivity contribution >= 4 is 35.8 Å². The topological polar surface area (TPSA) is 62.2 Å². The molecule has 0 bridgehead atoms. The van der Waals surface area contributed by atoms with Gasteiger partial charge in [0.1, 0.15) is 17.3 Å². The molecular weight excluding hydrogens is 469 g/mol. The molecule has 0 amide bonds. The summed E-state index contributed by atoms with van der Waals surface area (Å²) in [4.78, 5) is 12.8. The van der Waals surface area contributed by atoms with Gasteiger partial charge in [0.15, 0.2) is 5.96 Å². The van der Waals surface area contributed by atoms with Crippen LogP contribution in [0.15, 0.2) is 41.5 Å². The molecule has 0 aliphatic heterocycles. The molecule has 154 valence electrons. The number of ether oxygens (including phenoxy) is 2.